The van der Waals surface area contributed by atoms with Crippen molar-refractivity contribution in [3.63, 3.8) is 0 Å². The lowest BCUT2D eigenvalue weighted by Gasteiger charge is -2.28. The van der Waals surface area contributed by atoms with E-state index < -0.39 is 60.4 Å². The molecule has 4 aliphatic rings. The fourth-order valence-corrected chi connectivity index (χ4v) is 9.61. The van der Waals surface area contributed by atoms with Crippen molar-refractivity contribution in [2.75, 3.05) is 39.3 Å². The van der Waals surface area contributed by atoms with Gasteiger partial charge < -0.3 is 55.3 Å². The molecule has 4 fully saturated rings. The summed E-state index contributed by atoms with van der Waals surface area (Å²) in [4.78, 5) is 56.1. The van der Waals surface area contributed by atoms with E-state index in [0.29, 0.717) is 45.8 Å². The molecule has 2 heterocycles. The highest BCUT2D eigenvalue weighted by Crippen LogP contribution is 2.36. The van der Waals surface area contributed by atoms with Crippen molar-refractivity contribution in [2.45, 2.75) is 107 Å². The highest BCUT2D eigenvalue weighted by atomic mass is 35.5. The largest absolute Gasteiger partial charge is 0.489 e. The number of ketones is 2. The molecule has 5 aromatic rings. The Balaban J connectivity index is 0.000000203. The number of hydrogen-bond donors (Lipinski definition) is 7. The van der Waals surface area contributed by atoms with E-state index in [1.807, 2.05) is 24.3 Å². The van der Waals surface area contributed by atoms with Crippen molar-refractivity contribution in [1.82, 2.24) is 20.4 Å². The predicted molar refractivity (Wildman–Crippen MR) is 287 cm³/mol. The van der Waals surface area contributed by atoms with Crippen molar-refractivity contribution < 1.29 is 54.0 Å². The topological polar surface area (TPSA) is 218 Å². The molecule has 2 amide bonds. The summed E-state index contributed by atoms with van der Waals surface area (Å²) in [5, 5.41) is 57.4. The van der Waals surface area contributed by atoms with Crippen LogP contribution in [0.1, 0.15) is 115 Å². The van der Waals surface area contributed by atoms with Crippen molar-refractivity contribution in [1.29, 1.82) is 0 Å². The number of halogens is 2. The van der Waals surface area contributed by atoms with Crippen LogP contribution in [-0.2, 0) is 15.2 Å². The molecule has 9 rings (SSSR count). The Morgan fingerprint density at radius 1 is 0.600 bits per heavy atom. The van der Waals surface area contributed by atoms with Crippen LogP contribution in [0.2, 0.25) is 10.0 Å². The van der Waals surface area contributed by atoms with Crippen molar-refractivity contribution in [3.8, 4) is 22.6 Å². The number of likely N-dealkylation sites (tertiary alicyclic amines) is 2. The van der Waals surface area contributed by atoms with Gasteiger partial charge in [0.15, 0.2) is 0 Å². The summed E-state index contributed by atoms with van der Waals surface area (Å²) in [6, 6.07) is 28.7. The number of carbonyl (C=O) groups is 4. The molecule has 75 heavy (non-hydrogen) atoms. The van der Waals surface area contributed by atoms with Gasteiger partial charge in [-0.15, -0.1) is 0 Å². The molecule has 396 valence electrons. The Bertz CT molecular complexity index is 2780. The predicted octanol–water partition coefficient (Wildman–Crippen LogP) is 6.33. The first-order valence-electron chi connectivity index (χ1n) is 25.7. The number of benzene rings is 5. The number of ether oxygens (including phenoxy) is 2. The third-order valence-electron chi connectivity index (χ3n) is 13.9. The molecule has 4 atom stereocenters. The Labute approximate surface area is 447 Å². The molecule has 15 nitrogen and oxygen atoms in total. The van der Waals surface area contributed by atoms with Crippen LogP contribution in [0.25, 0.3) is 11.1 Å². The van der Waals surface area contributed by atoms with Gasteiger partial charge in [-0.25, -0.2) is 0 Å². The van der Waals surface area contributed by atoms with E-state index in [2.05, 4.69) is 20.4 Å². The van der Waals surface area contributed by atoms with Gasteiger partial charge in [-0.2, -0.15) is 0 Å². The first-order valence-corrected chi connectivity index (χ1v) is 26.5. The van der Waals surface area contributed by atoms with Gasteiger partial charge in [0.05, 0.1) is 39.9 Å². The lowest BCUT2D eigenvalue weighted by atomic mass is 9.80. The number of Topliss-reactive ketones (excluding diaryl/α,β-unsaturated/α-hetero) is 2. The van der Waals surface area contributed by atoms with Gasteiger partial charge in [0.1, 0.15) is 23.7 Å². The second-order valence-electron chi connectivity index (χ2n) is 20.4. The van der Waals surface area contributed by atoms with Gasteiger partial charge >= 0.3 is 7.12 Å². The van der Waals surface area contributed by atoms with Crippen LogP contribution in [-0.4, -0.2) is 129 Å². The molecule has 2 aliphatic heterocycles. The van der Waals surface area contributed by atoms with Gasteiger partial charge in [-0.1, -0.05) is 108 Å². The summed E-state index contributed by atoms with van der Waals surface area (Å²) in [5.74, 6) is -1.91. The number of carbonyl (C=O) groups excluding carboxylic acids is 4. The van der Waals surface area contributed by atoms with Crippen LogP contribution in [0.3, 0.4) is 0 Å². The maximum atomic E-state index is 13.1. The normalized spacial score (nSPS) is 17.5. The third-order valence-corrected chi connectivity index (χ3v) is 14.5. The van der Waals surface area contributed by atoms with E-state index in [1.165, 1.54) is 24.3 Å². The summed E-state index contributed by atoms with van der Waals surface area (Å²) in [6.45, 7) is 7.72. The average Bonchev–Trinajstić information content (AvgIpc) is 4.30. The summed E-state index contributed by atoms with van der Waals surface area (Å²) < 4.78 is 11.6. The van der Waals surface area contributed by atoms with Gasteiger partial charge in [-0.05, 0) is 149 Å². The van der Waals surface area contributed by atoms with E-state index in [4.69, 9.17) is 32.7 Å². The average molecular weight is 1060 g/mol. The molecule has 2 saturated carbocycles. The zero-order valence-electron chi connectivity index (χ0n) is 42.2. The van der Waals surface area contributed by atoms with Crippen molar-refractivity contribution in [2.24, 2.45) is 0 Å². The summed E-state index contributed by atoms with van der Waals surface area (Å²) >= 11 is 12.8. The highest BCUT2D eigenvalue weighted by Gasteiger charge is 2.33. The number of aliphatic hydroxyl groups excluding tert-OH is 2. The minimum Gasteiger partial charge on any atom is -0.489 e. The van der Waals surface area contributed by atoms with E-state index in [0.717, 1.165) is 94.2 Å². The summed E-state index contributed by atoms with van der Waals surface area (Å²) in [6.07, 6.45) is 6.46. The molecule has 5 aromatic carbocycles. The minimum absolute atomic E-state index is 0.112. The lowest BCUT2D eigenvalue weighted by molar-refractivity contribution is -0.119. The fourth-order valence-electron chi connectivity index (χ4n) is 9.15. The Morgan fingerprint density at radius 3 is 1.32 bits per heavy atom. The Hall–Kier alpha value is -5.66. The standard InChI is InChI=1S/C33H37ClN2O5.C24H28BClN2O6/c1-33(2,40)25-12-9-22(10-13-25)21-5-7-23(8-6-21)31(38)32(39)35-28(20-36-17-3-4-18-36)30(37)24-11-16-29(27(34)19-24)41-26-14-15-26;26-19-13-16(5-10-21(19)34-18-8-9-18)22(29)20(14-28-11-1-2-12-28)27-24(31)23(30)15-3-6-17(7-4-15)25(32)33/h5-13,16,19,26,28,30,37,40H,3-4,14-15,17-18,20H2,1-2H3,(H,35,39);3-7,10,13,18,20,22,29,32-33H,1-2,8-9,11-12,14H2,(H,27,31)/t28-,30-;20-,22-/m11/s1. The number of nitrogens with zero attached hydrogens (tertiary/aromatic N) is 2. The smallest absolute Gasteiger partial charge is 0.488 e. The molecule has 2 saturated heterocycles. The fraction of sp³-hybridized carbons (Fsp3) is 0.404. The van der Waals surface area contributed by atoms with Crippen LogP contribution in [0.4, 0.5) is 0 Å². The van der Waals surface area contributed by atoms with Crippen LogP contribution in [0, 0.1) is 0 Å². The highest BCUT2D eigenvalue weighted by molar-refractivity contribution is 6.58. The molecule has 0 bridgehead atoms. The number of rotatable bonds is 21. The molecule has 0 radical (unpaired) electrons. The zero-order valence-corrected chi connectivity index (χ0v) is 43.7. The van der Waals surface area contributed by atoms with Gasteiger partial charge in [0, 0.05) is 24.2 Å². The molecule has 2 aliphatic carbocycles. The molecule has 0 aromatic heterocycles. The SMILES string of the molecule is CC(C)(O)c1ccc(-c2ccc(C(=O)C(=O)N[C@H](CN3CCCC3)[C@H](O)c3ccc(OC4CC4)c(Cl)c3)cc2)cc1.O=C(N[C@H](CN1CCCC1)[C@H](O)c1ccc(OC2CC2)c(Cl)c1)C(=O)c1ccc(B(O)O)cc1. The van der Waals surface area contributed by atoms with Crippen LogP contribution in [0.15, 0.2) is 109 Å². The number of aliphatic hydroxyl groups is 3. The van der Waals surface area contributed by atoms with Crippen LogP contribution in [0.5, 0.6) is 11.5 Å². The van der Waals surface area contributed by atoms with Crippen LogP contribution >= 0.6 is 23.2 Å². The first-order chi connectivity index (χ1) is 35.9. The quantitative estimate of drug-likeness (QED) is 0.0243. The van der Waals surface area contributed by atoms with E-state index >= 15 is 0 Å². The monoisotopic (exact) mass is 1060 g/mol. The van der Waals surface area contributed by atoms with E-state index in [-0.39, 0.29) is 28.8 Å². The second-order valence-corrected chi connectivity index (χ2v) is 21.3. The van der Waals surface area contributed by atoms with Crippen molar-refractivity contribution in [3.05, 3.63) is 147 Å². The molecule has 0 spiro atoms. The lowest BCUT2D eigenvalue weighted by Crippen LogP contribution is -2.48. The molecular formula is C57H65BCl2N4O11. The molecule has 0 unspecified atom stereocenters. The third kappa shape index (κ3) is 15.3. The van der Waals surface area contributed by atoms with E-state index in [1.54, 1.807) is 74.5 Å². The zero-order chi connectivity index (χ0) is 53.4. The summed E-state index contributed by atoms with van der Waals surface area (Å²) in [7, 11) is -1.66. The maximum Gasteiger partial charge on any atom is 0.488 e. The van der Waals surface area contributed by atoms with Gasteiger partial charge in [0.25, 0.3) is 11.8 Å². The number of amides is 2. The van der Waals surface area contributed by atoms with Crippen molar-refractivity contribution >= 4 is 59.2 Å². The number of nitrogens with one attached hydrogen (secondary N) is 2. The second kappa shape index (κ2) is 25.0. The molecular weight excluding hydrogens is 998 g/mol. The first kappa shape index (κ1) is 55.6. The van der Waals surface area contributed by atoms with Gasteiger partial charge in [-0.3, -0.25) is 19.2 Å². The van der Waals surface area contributed by atoms with Gasteiger partial charge in [0.2, 0.25) is 11.6 Å². The minimum atomic E-state index is -1.66. The Kier molecular flexibility index (Phi) is 18.5. The summed E-state index contributed by atoms with van der Waals surface area (Å²) in [5.41, 5.74) is 3.36. The van der Waals surface area contributed by atoms with E-state index in [9.17, 15) is 44.5 Å². The number of hydrogen-bond acceptors (Lipinski definition) is 13. The maximum absolute atomic E-state index is 13.1. The molecule has 18 heteroatoms. The molecule has 7 N–H and O–H groups in total. The van der Waals surface area contributed by atoms with Crippen LogP contribution < -0.4 is 25.6 Å². The Morgan fingerprint density at radius 2 is 0.973 bits per heavy atom.